The van der Waals surface area contributed by atoms with Gasteiger partial charge in [0.25, 0.3) is 0 Å². The van der Waals surface area contributed by atoms with Crippen molar-refractivity contribution < 1.29 is 13.9 Å². The molecule has 0 aliphatic rings. The van der Waals surface area contributed by atoms with E-state index in [4.69, 9.17) is 15.2 Å². The number of rotatable bonds is 4. The Morgan fingerprint density at radius 3 is 2.61 bits per heavy atom. The highest BCUT2D eigenvalue weighted by Gasteiger charge is 2.09. The molecule has 2 N–H and O–H groups in total. The van der Waals surface area contributed by atoms with Gasteiger partial charge in [0, 0.05) is 0 Å². The Labute approximate surface area is 103 Å². The highest BCUT2D eigenvalue weighted by Crippen LogP contribution is 2.22. The number of aromatic nitrogens is 3. The quantitative estimate of drug-likeness (QED) is 0.890. The summed E-state index contributed by atoms with van der Waals surface area (Å²) in [6.45, 7) is 2.15. The third kappa shape index (κ3) is 2.82. The smallest absolute Gasteiger partial charge is 0.330 e. The van der Waals surface area contributed by atoms with E-state index in [1.807, 2.05) is 0 Å². The summed E-state index contributed by atoms with van der Waals surface area (Å²) in [4.78, 5) is 11.3. The van der Waals surface area contributed by atoms with E-state index in [0.717, 1.165) is 0 Å². The third-order valence-corrected chi connectivity index (χ3v) is 1.92. The van der Waals surface area contributed by atoms with E-state index in [1.165, 1.54) is 12.1 Å². The molecule has 1 aromatic carbocycles. The van der Waals surface area contributed by atoms with Crippen molar-refractivity contribution in [1.29, 1.82) is 0 Å². The highest BCUT2D eigenvalue weighted by atomic mass is 19.1. The van der Waals surface area contributed by atoms with Crippen molar-refractivity contribution in [2.24, 2.45) is 0 Å². The lowest BCUT2D eigenvalue weighted by molar-refractivity contribution is 0.302. The summed E-state index contributed by atoms with van der Waals surface area (Å²) in [6, 6.07) is 5.83. The standard InChI is InChI=1S/C11H11FN4O2/c1-2-17-10-14-9(13)15-11(16-10)18-8-6-4-3-5-7(8)12/h3-6H,2H2,1H3,(H2,13,14,15,16). The number of nitrogens with zero attached hydrogens (tertiary/aromatic N) is 3. The van der Waals surface area contributed by atoms with Crippen molar-refractivity contribution in [2.45, 2.75) is 6.92 Å². The second-order valence-electron chi connectivity index (χ2n) is 3.22. The van der Waals surface area contributed by atoms with Crippen LogP contribution in [-0.4, -0.2) is 21.6 Å². The van der Waals surface area contributed by atoms with Gasteiger partial charge >= 0.3 is 12.0 Å². The summed E-state index contributed by atoms with van der Waals surface area (Å²) < 4.78 is 23.6. The van der Waals surface area contributed by atoms with E-state index in [-0.39, 0.29) is 23.7 Å². The van der Waals surface area contributed by atoms with Gasteiger partial charge in [0.2, 0.25) is 5.95 Å². The van der Waals surface area contributed by atoms with Crippen LogP contribution in [0.2, 0.25) is 0 Å². The maximum Gasteiger partial charge on any atom is 0.330 e. The van der Waals surface area contributed by atoms with Crippen LogP contribution in [0.4, 0.5) is 10.3 Å². The normalized spacial score (nSPS) is 10.1. The van der Waals surface area contributed by atoms with E-state index >= 15 is 0 Å². The lowest BCUT2D eigenvalue weighted by Crippen LogP contribution is -2.05. The number of anilines is 1. The largest absolute Gasteiger partial charge is 0.464 e. The van der Waals surface area contributed by atoms with Crippen molar-refractivity contribution in [1.82, 2.24) is 15.0 Å². The average molecular weight is 250 g/mol. The number of halogens is 1. The van der Waals surface area contributed by atoms with Gasteiger partial charge in [-0.3, -0.25) is 0 Å². The average Bonchev–Trinajstić information content (AvgIpc) is 2.32. The first-order valence-electron chi connectivity index (χ1n) is 5.25. The number of nitrogens with two attached hydrogens (primary N) is 1. The fourth-order valence-corrected chi connectivity index (χ4v) is 1.22. The SMILES string of the molecule is CCOc1nc(N)nc(Oc2ccccc2F)n1. The Morgan fingerprint density at radius 1 is 1.17 bits per heavy atom. The molecule has 0 radical (unpaired) electrons. The zero-order valence-electron chi connectivity index (χ0n) is 9.63. The Hall–Kier alpha value is -2.44. The van der Waals surface area contributed by atoms with E-state index in [1.54, 1.807) is 19.1 Å². The van der Waals surface area contributed by atoms with Crippen molar-refractivity contribution in [3.8, 4) is 17.8 Å². The fourth-order valence-electron chi connectivity index (χ4n) is 1.22. The zero-order valence-corrected chi connectivity index (χ0v) is 9.63. The lowest BCUT2D eigenvalue weighted by Gasteiger charge is -2.06. The summed E-state index contributed by atoms with van der Waals surface area (Å²) in [5.74, 6) is -0.570. The minimum Gasteiger partial charge on any atom is -0.464 e. The first-order chi connectivity index (χ1) is 8.69. The molecule has 0 saturated carbocycles. The topological polar surface area (TPSA) is 83.2 Å². The van der Waals surface area contributed by atoms with Crippen LogP contribution >= 0.6 is 0 Å². The van der Waals surface area contributed by atoms with Crippen LogP contribution in [-0.2, 0) is 0 Å². The van der Waals surface area contributed by atoms with Crippen molar-refractivity contribution in [3.63, 3.8) is 0 Å². The van der Waals surface area contributed by atoms with E-state index in [2.05, 4.69) is 15.0 Å². The van der Waals surface area contributed by atoms with Gasteiger partial charge in [0.15, 0.2) is 11.6 Å². The van der Waals surface area contributed by atoms with Crippen molar-refractivity contribution in [2.75, 3.05) is 12.3 Å². The summed E-state index contributed by atoms with van der Waals surface area (Å²) in [7, 11) is 0. The molecule has 1 heterocycles. The molecular formula is C11H11FN4O2. The summed E-state index contributed by atoms with van der Waals surface area (Å²) in [5.41, 5.74) is 5.47. The van der Waals surface area contributed by atoms with Crippen LogP contribution in [0.25, 0.3) is 0 Å². The minimum absolute atomic E-state index is 0.00514. The Balaban J connectivity index is 2.26. The number of hydrogen-bond acceptors (Lipinski definition) is 6. The molecule has 0 unspecified atom stereocenters. The van der Waals surface area contributed by atoms with E-state index in [9.17, 15) is 4.39 Å². The van der Waals surface area contributed by atoms with Gasteiger partial charge in [-0.05, 0) is 19.1 Å². The van der Waals surface area contributed by atoms with Crippen LogP contribution in [0.5, 0.6) is 17.8 Å². The molecule has 7 heteroatoms. The Morgan fingerprint density at radius 2 is 1.89 bits per heavy atom. The van der Waals surface area contributed by atoms with Crippen LogP contribution in [0.15, 0.2) is 24.3 Å². The second kappa shape index (κ2) is 5.26. The van der Waals surface area contributed by atoms with Crippen molar-refractivity contribution >= 4 is 5.95 Å². The molecule has 0 bridgehead atoms. The molecule has 0 saturated heterocycles. The van der Waals surface area contributed by atoms with Gasteiger partial charge in [0.05, 0.1) is 6.61 Å². The van der Waals surface area contributed by atoms with Crippen molar-refractivity contribution in [3.05, 3.63) is 30.1 Å². The van der Waals surface area contributed by atoms with Crippen LogP contribution in [0.1, 0.15) is 6.92 Å². The maximum absolute atomic E-state index is 13.4. The molecule has 94 valence electrons. The number of para-hydroxylation sites is 1. The molecule has 0 spiro atoms. The summed E-state index contributed by atoms with van der Waals surface area (Å²) in [5, 5.41) is 0. The highest BCUT2D eigenvalue weighted by molar-refractivity contribution is 5.28. The van der Waals surface area contributed by atoms with Gasteiger partial charge in [-0.25, -0.2) is 4.39 Å². The molecule has 1 aromatic heterocycles. The first-order valence-corrected chi connectivity index (χ1v) is 5.25. The summed E-state index contributed by atoms with van der Waals surface area (Å²) >= 11 is 0. The molecule has 0 fully saturated rings. The fraction of sp³-hybridized carbons (Fsp3) is 0.182. The number of ether oxygens (including phenoxy) is 2. The van der Waals surface area contributed by atoms with E-state index < -0.39 is 5.82 Å². The van der Waals surface area contributed by atoms with Gasteiger partial charge in [0.1, 0.15) is 0 Å². The Kier molecular flexibility index (Phi) is 3.52. The molecule has 0 aliphatic carbocycles. The van der Waals surface area contributed by atoms with Crippen LogP contribution in [0.3, 0.4) is 0 Å². The third-order valence-electron chi connectivity index (χ3n) is 1.92. The lowest BCUT2D eigenvalue weighted by atomic mass is 10.3. The summed E-state index contributed by atoms with van der Waals surface area (Å²) in [6.07, 6.45) is 0. The molecule has 2 aromatic rings. The van der Waals surface area contributed by atoms with Gasteiger partial charge in [-0.1, -0.05) is 12.1 Å². The molecule has 0 amide bonds. The Bertz CT molecular complexity index is 550. The van der Waals surface area contributed by atoms with Crippen LogP contribution in [0, 0.1) is 5.82 Å². The minimum atomic E-state index is -0.519. The predicted molar refractivity (Wildman–Crippen MR) is 61.9 cm³/mol. The van der Waals surface area contributed by atoms with Gasteiger partial charge in [-0.15, -0.1) is 4.98 Å². The van der Waals surface area contributed by atoms with Gasteiger partial charge in [-0.2, -0.15) is 9.97 Å². The number of benzene rings is 1. The second-order valence-corrected chi connectivity index (χ2v) is 3.22. The first kappa shape index (κ1) is 12.0. The number of nitrogen functional groups attached to an aromatic ring is 1. The molecule has 0 atom stereocenters. The van der Waals surface area contributed by atoms with E-state index in [0.29, 0.717) is 6.61 Å². The predicted octanol–water partition coefficient (Wildman–Crippen LogP) is 1.78. The van der Waals surface area contributed by atoms with Crippen LogP contribution < -0.4 is 15.2 Å². The molecular weight excluding hydrogens is 239 g/mol. The monoisotopic (exact) mass is 250 g/mol. The zero-order chi connectivity index (χ0) is 13.0. The molecule has 18 heavy (non-hydrogen) atoms. The number of hydrogen-bond donors (Lipinski definition) is 1. The maximum atomic E-state index is 13.4. The molecule has 6 nitrogen and oxygen atoms in total. The van der Waals surface area contributed by atoms with Gasteiger partial charge < -0.3 is 15.2 Å². The molecule has 2 rings (SSSR count). The molecule has 0 aliphatic heterocycles.